The number of aromatic nitrogens is 3. The van der Waals surface area contributed by atoms with Gasteiger partial charge in [0.25, 0.3) is 5.91 Å². The minimum absolute atomic E-state index is 0.281. The van der Waals surface area contributed by atoms with Gasteiger partial charge >= 0.3 is 0 Å². The molecule has 1 aromatic carbocycles. The number of carbonyl (C=O) groups excluding carboxylic acids is 1. The van der Waals surface area contributed by atoms with E-state index in [2.05, 4.69) is 25.6 Å². The molecule has 0 fully saturated rings. The number of amides is 1. The Bertz CT molecular complexity index is 904. The number of thiazole rings is 1. The van der Waals surface area contributed by atoms with E-state index in [1.807, 2.05) is 19.1 Å². The van der Waals surface area contributed by atoms with Crippen molar-refractivity contribution in [3.63, 3.8) is 0 Å². The van der Waals surface area contributed by atoms with E-state index in [1.54, 1.807) is 24.4 Å². The Labute approximate surface area is 158 Å². The number of carbonyl (C=O) groups is 1. The molecule has 0 spiro atoms. The molecule has 0 aliphatic carbocycles. The molecule has 6 nitrogen and oxygen atoms in total. The minimum Gasteiger partial charge on any atom is -0.319 e. The molecule has 0 unspecified atom stereocenters. The SMILES string of the molecule is Cc1nc(Cl)cc(Nc2nc(C(=O)Nc3c(C)cccc3Cl)cs2)n1. The fourth-order valence-corrected chi connectivity index (χ4v) is 3.30. The van der Waals surface area contributed by atoms with Crippen LogP contribution in [0.15, 0.2) is 29.6 Å². The number of nitrogens with one attached hydrogen (secondary N) is 2. The van der Waals surface area contributed by atoms with Gasteiger partial charge in [-0.05, 0) is 25.5 Å². The van der Waals surface area contributed by atoms with E-state index in [4.69, 9.17) is 23.2 Å². The van der Waals surface area contributed by atoms with Crippen LogP contribution in [0.1, 0.15) is 21.9 Å². The maximum Gasteiger partial charge on any atom is 0.275 e. The molecular formula is C16H13Cl2N5OS. The molecular weight excluding hydrogens is 381 g/mol. The standard InChI is InChI=1S/C16H13Cl2N5OS/c1-8-4-3-5-10(17)14(8)23-15(24)11-7-25-16(21-11)22-13-6-12(18)19-9(2)20-13/h3-7H,1-2H3,(H,23,24)(H,19,20,21,22). The van der Waals surface area contributed by atoms with Crippen LogP contribution < -0.4 is 10.6 Å². The zero-order valence-corrected chi connectivity index (χ0v) is 15.6. The van der Waals surface area contributed by atoms with Crippen molar-refractivity contribution in [2.24, 2.45) is 0 Å². The fourth-order valence-electron chi connectivity index (χ4n) is 2.11. The molecule has 0 atom stereocenters. The van der Waals surface area contributed by atoms with Crippen molar-refractivity contribution in [3.05, 3.63) is 56.9 Å². The van der Waals surface area contributed by atoms with Gasteiger partial charge in [0.15, 0.2) is 5.13 Å². The van der Waals surface area contributed by atoms with Crippen LogP contribution in [0.5, 0.6) is 0 Å². The zero-order chi connectivity index (χ0) is 18.0. The van der Waals surface area contributed by atoms with Crippen molar-refractivity contribution >= 4 is 57.1 Å². The summed E-state index contributed by atoms with van der Waals surface area (Å²) in [6.07, 6.45) is 0. The van der Waals surface area contributed by atoms with Crippen LogP contribution in [0.2, 0.25) is 10.2 Å². The molecule has 2 aromatic heterocycles. The predicted octanol–water partition coefficient (Wildman–Crippen LogP) is 4.85. The monoisotopic (exact) mass is 393 g/mol. The number of hydrogen-bond donors (Lipinski definition) is 2. The van der Waals surface area contributed by atoms with E-state index in [1.165, 1.54) is 11.3 Å². The highest BCUT2D eigenvalue weighted by molar-refractivity contribution is 7.14. The number of halogens is 2. The van der Waals surface area contributed by atoms with Gasteiger partial charge in [-0.1, -0.05) is 35.3 Å². The van der Waals surface area contributed by atoms with Crippen molar-refractivity contribution in [2.45, 2.75) is 13.8 Å². The van der Waals surface area contributed by atoms with Gasteiger partial charge in [0.2, 0.25) is 0 Å². The van der Waals surface area contributed by atoms with E-state index in [-0.39, 0.29) is 11.6 Å². The van der Waals surface area contributed by atoms with Crippen LogP contribution in [0.25, 0.3) is 0 Å². The molecule has 0 radical (unpaired) electrons. The number of rotatable bonds is 4. The number of aryl methyl sites for hydroxylation is 2. The van der Waals surface area contributed by atoms with E-state index in [0.29, 0.717) is 32.6 Å². The summed E-state index contributed by atoms with van der Waals surface area (Å²) in [5.41, 5.74) is 1.74. The second kappa shape index (κ2) is 7.35. The van der Waals surface area contributed by atoms with Gasteiger partial charge in [-0.25, -0.2) is 15.0 Å². The first-order valence-corrected chi connectivity index (χ1v) is 8.86. The Hall–Kier alpha value is -2.22. The van der Waals surface area contributed by atoms with E-state index >= 15 is 0 Å². The summed E-state index contributed by atoms with van der Waals surface area (Å²) >= 11 is 13.3. The van der Waals surface area contributed by atoms with Gasteiger partial charge < -0.3 is 10.6 Å². The average Bonchev–Trinajstić information content (AvgIpc) is 2.98. The molecule has 0 saturated carbocycles. The van der Waals surface area contributed by atoms with E-state index in [9.17, 15) is 4.79 Å². The highest BCUT2D eigenvalue weighted by Crippen LogP contribution is 2.27. The largest absolute Gasteiger partial charge is 0.319 e. The predicted molar refractivity (Wildman–Crippen MR) is 101 cm³/mol. The molecule has 2 N–H and O–H groups in total. The molecule has 128 valence electrons. The van der Waals surface area contributed by atoms with Crippen LogP contribution >= 0.6 is 34.5 Å². The molecule has 3 rings (SSSR count). The number of nitrogens with zero attached hydrogens (tertiary/aromatic N) is 3. The average molecular weight is 394 g/mol. The number of anilines is 3. The smallest absolute Gasteiger partial charge is 0.275 e. The van der Waals surface area contributed by atoms with Crippen LogP contribution in [0.3, 0.4) is 0 Å². The summed E-state index contributed by atoms with van der Waals surface area (Å²) in [6, 6.07) is 7.01. The lowest BCUT2D eigenvalue weighted by atomic mass is 10.2. The van der Waals surface area contributed by atoms with Crippen molar-refractivity contribution < 1.29 is 4.79 Å². The zero-order valence-electron chi connectivity index (χ0n) is 13.3. The molecule has 0 aliphatic heterocycles. The molecule has 1 amide bonds. The third-order valence-electron chi connectivity index (χ3n) is 3.24. The molecule has 9 heteroatoms. The first-order chi connectivity index (χ1) is 11.9. The Morgan fingerprint density at radius 3 is 2.68 bits per heavy atom. The summed E-state index contributed by atoms with van der Waals surface area (Å²) in [5.74, 6) is 0.719. The Morgan fingerprint density at radius 2 is 1.96 bits per heavy atom. The number of para-hydroxylation sites is 1. The van der Waals surface area contributed by atoms with Crippen molar-refractivity contribution in [3.8, 4) is 0 Å². The highest BCUT2D eigenvalue weighted by atomic mass is 35.5. The third-order valence-corrected chi connectivity index (χ3v) is 4.51. The summed E-state index contributed by atoms with van der Waals surface area (Å²) in [5, 5.41) is 8.79. The molecule has 0 aliphatic rings. The first kappa shape index (κ1) is 17.6. The van der Waals surface area contributed by atoms with Crippen LogP contribution in [0, 0.1) is 13.8 Å². The lowest BCUT2D eigenvalue weighted by Gasteiger charge is -2.08. The summed E-state index contributed by atoms with van der Waals surface area (Å²) in [4.78, 5) is 24.9. The normalized spacial score (nSPS) is 10.6. The summed E-state index contributed by atoms with van der Waals surface area (Å²) in [7, 11) is 0. The van der Waals surface area contributed by atoms with E-state index < -0.39 is 0 Å². The maximum atomic E-state index is 12.4. The van der Waals surface area contributed by atoms with Crippen LogP contribution in [-0.4, -0.2) is 20.9 Å². The fraction of sp³-hybridized carbons (Fsp3) is 0.125. The van der Waals surface area contributed by atoms with Gasteiger partial charge in [-0.3, -0.25) is 4.79 Å². The van der Waals surface area contributed by atoms with Gasteiger partial charge in [-0.2, -0.15) is 0 Å². The van der Waals surface area contributed by atoms with Gasteiger partial charge in [0.05, 0.1) is 10.7 Å². The quantitative estimate of drug-likeness (QED) is 0.619. The lowest BCUT2D eigenvalue weighted by Crippen LogP contribution is -2.13. The molecule has 0 bridgehead atoms. The maximum absolute atomic E-state index is 12.4. The minimum atomic E-state index is -0.336. The number of benzene rings is 1. The second-order valence-electron chi connectivity index (χ2n) is 5.17. The molecule has 25 heavy (non-hydrogen) atoms. The molecule has 2 heterocycles. The van der Waals surface area contributed by atoms with Gasteiger partial charge in [0.1, 0.15) is 22.5 Å². The summed E-state index contributed by atoms with van der Waals surface area (Å²) < 4.78 is 0. The van der Waals surface area contributed by atoms with Crippen LogP contribution in [-0.2, 0) is 0 Å². The Morgan fingerprint density at radius 1 is 1.16 bits per heavy atom. The van der Waals surface area contributed by atoms with Crippen LogP contribution in [0.4, 0.5) is 16.6 Å². The van der Waals surface area contributed by atoms with E-state index in [0.717, 1.165) is 5.56 Å². The van der Waals surface area contributed by atoms with Gasteiger partial charge in [0, 0.05) is 11.4 Å². The van der Waals surface area contributed by atoms with Crippen molar-refractivity contribution in [1.29, 1.82) is 0 Å². The van der Waals surface area contributed by atoms with Crippen molar-refractivity contribution in [1.82, 2.24) is 15.0 Å². The topological polar surface area (TPSA) is 79.8 Å². The first-order valence-electron chi connectivity index (χ1n) is 7.22. The molecule has 0 saturated heterocycles. The lowest BCUT2D eigenvalue weighted by molar-refractivity contribution is 0.102. The number of hydrogen-bond acceptors (Lipinski definition) is 6. The molecule has 3 aromatic rings. The third kappa shape index (κ3) is 4.25. The highest BCUT2D eigenvalue weighted by Gasteiger charge is 2.14. The summed E-state index contributed by atoms with van der Waals surface area (Å²) in [6.45, 7) is 3.61. The van der Waals surface area contributed by atoms with Gasteiger partial charge in [-0.15, -0.1) is 11.3 Å². The van der Waals surface area contributed by atoms with Crippen molar-refractivity contribution in [2.75, 3.05) is 10.6 Å². The second-order valence-corrected chi connectivity index (χ2v) is 6.82. The Kier molecular flexibility index (Phi) is 5.17. The Balaban J connectivity index is 1.75.